The molecule has 0 saturated heterocycles. The molecule has 0 aliphatic carbocycles. The predicted molar refractivity (Wildman–Crippen MR) is 85.8 cm³/mol. The highest BCUT2D eigenvalue weighted by Crippen LogP contribution is 2.39. The topological polar surface area (TPSA) is 9.23 Å². The summed E-state index contributed by atoms with van der Waals surface area (Å²) in [5, 5.41) is 0. The molecule has 0 spiro atoms. The van der Waals surface area contributed by atoms with Gasteiger partial charge in [-0.2, -0.15) is 0 Å². The molecule has 0 atom stereocenters. The Balaban J connectivity index is 2.57. The zero-order valence-electron chi connectivity index (χ0n) is 9.42. The summed E-state index contributed by atoms with van der Waals surface area (Å²) in [4.78, 5) is 0. The van der Waals surface area contributed by atoms with Crippen molar-refractivity contribution in [1.29, 1.82) is 0 Å². The highest BCUT2D eigenvalue weighted by Gasteiger charge is 2.11. The summed E-state index contributed by atoms with van der Waals surface area (Å²) < 4.78 is 8.59. The van der Waals surface area contributed by atoms with E-state index >= 15 is 0 Å². The Bertz CT molecular complexity index is 550. The van der Waals surface area contributed by atoms with Crippen LogP contribution >= 0.6 is 47.8 Å². The van der Waals surface area contributed by atoms with Crippen molar-refractivity contribution < 1.29 is 4.74 Å². The van der Waals surface area contributed by atoms with Gasteiger partial charge in [-0.05, 0) is 52.7 Å². The Hall–Kier alpha value is -0.320. The monoisotopic (exact) mass is 431 g/mol. The minimum absolute atomic E-state index is 0.393. The molecule has 0 aliphatic heterocycles. The highest BCUT2D eigenvalue weighted by molar-refractivity contribution is 9.11. The van der Waals surface area contributed by atoms with Crippen molar-refractivity contribution in [3.8, 4) is 16.9 Å². The summed E-state index contributed by atoms with van der Waals surface area (Å²) in [7, 11) is 0. The first-order valence-corrected chi connectivity index (χ1v) is 7.66. The van der Waals surface area contributed by atoms with E-state index in [0.717, 1.165) is 30.3 Å². The van der Waals surface area contributed by atoms with Crippen molar-refractivity contribution in [1.82, 2.24) is 0 Å². The van der Waals surface area contributed by atoms with Crippen molar-refractivity contribution in [2.24, 2.45) is 0 Å². The van der Waals surface area contributed by atoms with Gasteiger partial charge < -0.3 is 4.74 Å². The van der Waals surface area contributed by atoms with Crippen LogP contribution in [0.2, 0.25) is 0 Å². The molecule has 0 aromatic heterocycles. The Labute approximate surface area is 132 Å². The van der Waals surface area contributed by atoms with Gasteiger partial charge in [0.2, 0.25) is 0 Å². The van der Waals surface area contributed by atoms with Gasteiger partial charge in [-0.15, -0.1) is 0 Å². The fourth-order valence-electron chi connectivity index (χ4n) is 1.65. The molecule has 1 radical (unpaired) electrons. The van der Waals surface area contributed by atoms with E-state index in [4.69, 9.17) is 4.74 Å². The van der Waals surface area contributed by atoms with Gasteiger partial charge in [0.1, 0.15) is 5.75 Å². The van der Waals surface area contributed by atoms with Gasteiger partial charge in [-0.3, -0.25) is 0 Å². The first-order valence-electron chi connectivity index (χ1n) is 5.29. The molecule has 2 aromatic carbocycles. The zero-order chi connectivity index (χ0) is 13.1. The second kappa shape index (κ2) is 6.22. The maximum Gasteiger partial charge on any atom is 0.141 e. The lowest BCUT2D eigenvalue weighted by Gasteiger charge is -2.13. The van der Waals surface area contributed by atoms with E-state index in [1.807, 2.05) is 36.4 Å². The summed E-state index contributed by atoms with van der Waals surface area (Å²) in [5.41, 5.74) is 2.14. The van der Waals surface area contributed by atoms with Crippen LogP contribution in [0.25, 0.3) is 11.1 Å². The fourth-order valence-corrected chi connectivity index (χ4v) is 3.26. The van der Waals surface area contributed by atoms with E-state index in [1.165, 1.54) is 0 Å². The maximum atomic E-state index is 5.62. The summed E-state index contributed by atoms with van der Waals surface area (Å²) in [6.45, 7) is 4.12. The molecular weight excluding hydrogens is 424 g/mol. The third-order valence-electron chi connectivity index (χ3n) is 2.41. The van der Waals surface area contributed by atoms with E-state index in [2.05, 4.69) is 54.7 Å². The van der Waals surface area contributed by atoms with Crippen molar-refractivity contribution in [3.05, 3.63) is 56.7 Å². The van der Waals surface area contributed by atoms with Crippen LogP contribution in [-0.2, 0) is 0 Å². The average Bonchev–Trinajstić information content (AvgIpc) is 2.33. The van der Waals surface area contributed by atoms with Gasteiger partial charge >= 0.3 is 0 Å². The quantitative estimate of drug-likeness (QED) is 0.589. The molecule has 1 nitrogen and oxygen atoms in total. The summed E-state index contributed by atoms with van der Waals surface area (Å²) >= 11 is 10.5. The number of hydrogen-bond donors (Lipinski definition) is 0. The molecule has 0 bridgehead atoms. The highest BCUT2D eigenvalue weighted by atomic mass is 79.9. The zero-order valence-corrected chi connectivity index (χ0v) is 14.2. The fraction of sp³-hybridized carbons (Fsp3) is 0.0714. The van der Waals surface area contributed by atoms with Gasteiger partial charge in [-0.1, -0.05) is 44.0 Å². The largest absolute Gasteiger partial charge is 0.492 e. The first-order chi connectivity index (χ1) is 8.61. The first kappa shape index (κ1) is 14.1. The molecule has 2 rings (SSSR count). The molecule has 0 fully saturated rings. The van der Waals surface area contributed by atoms with Crippen molar-refractivity contribution in [2.45, 2.75) is 0 Å². The number of hydrogen-bond acceptors (Lipinski definition) is 1. The predicted octanol–water partition coefficient (Wildman–Crippen LogP) is 5.85. The number of halogens is 3. The molecule has 4 heteroatoms. The van der Waals surface area contributed by atoms with Gasteiger partial charge in [0.25, 0.3) is 0 Å². The van der Waals surface area contributed by atoms with Crippen LogP contribution in [0, 0.1) is 6.92 Å². The third-order valence-corrected chi connectivity index (χ3v) is 3.99. The number of benzene rings is 2. The smallest absolute Gasteiger partial charge is 0.141 e. The summed E-state index contributed by atoms with van der Waals surface area (Å²) in [5.74, 6) is 0.815. The lowest BCUT2D eigenvalue weighted by Crippen LogP contribution is -1.95. The molecule has 0 saturated carbocycles. The van der Waals surface area contributed by atoms with Crippen LogP contribution in [0.4, 0.5) is 0 Å². The van der Waals surface area contributed by atoms with E-state index in [9.17, 15) is 0 Å². The van der Waals surface area contributed by atoms with Crippen LogP contribution in [0.5, 0.6) is 5.75 Å². The van der Waals surface area contributed by atoms with Crippen LogP contribution in [0.1, 0.15) is 0 Å². The molecular formula is C14H10Br3O. The maximum absolute atomic E-state index is 5.62. The van der Waals surface area contributed by atoms with Crippen LogP contribution < -0.4 is 4.74 Å². The minimum Gasteiger partial charge on any atom is -0.492 e. The van der Waals surface area contributed by atoms with Crippen molar-refractivity contribution in [3.63, 3.8) is 0 Å². The second-order valence-electron chi connectivity index (χ2n) is 3.62. The lowest BCUT2D eigenvalue weighted by molar-refractivity contribution is 0.360. The Morgan fingerprint density at radius 1 is 0.944 bits per heavy atom. The Morgan fingerprint density at radius 2 is 1.61 bits per heavy atom. The third kappa shape index (κ3) is 3.16. The van der Waals surface area contributed by atoms with Gasteiger partial charge in [-0.25, -0.2) is 0 Å². The van der Waals surface area contributed by atoms with Gasteiger partial charge in [0.05, 0.1) is 11.1 Å². The number of ether oxygens (including phenoxy) is 1. The molecule has 2 aromatic rings. The molecule has 18 heavy (non-hydrogen) atoms. The van der Waals surface area contributed by atoms with Crippen molar-refractivity contribution >= 4 is 47.8 Å². The summed E-state index contributed by atoms with van der Waals surface area (Å²) in [6.07, 6.45) is 0. The van der Waals surface area contributed by atoms with Gasteiger partial charge in [0, 0.05) is 14.5 Å². The lowest BCUT2D eigenvalue weighted by atomic mass is 10.0. The molecule has 0 unspecified atom stereocenters. The van der Waals surface area contributed by atoms with Crippen molar-refractivity contribution in [2.75, 3.05) is 6.61 Å². The van der Waals surface area contributed by atoms with E-state index in [1.54, 1.807) is 0 Å². The molecule has 0 N–H and O–H groups in total. The number of rotatable bonds is 3. The Kier molecular flexibility index (Phi) is 4.87. The molecule has 0 amide bonds. The van der Waals surface area contributed by atoms with Gasteiger partial charge in [0.15, 0.2) is 0 Å². The molecule has 0 heterocycles. The summed E-state index contributed by atoms with van der Waals surface area (Å²) in [6, 6.07) is 12.1. The average molecular weight is 434 g/mol. The standard InChI is InChI=1S/C14H10Br3O/c1-2-18-14-12(7-11(16)8-13(14)17)9-3-5-10(15)6-4-9/h3-8H,1-2H2. The second-order valence-corrected chi connectivity index (χ2v) is 6.31. The van der Waals surface area contributed by atoms with Crippen LogP contribution in [-0.4, -0.2) is 6.61 Å². The normalized spacial score (nSPS) is 10.4. The minimum atomic E-state index is 0.393. The molecule has 0 aliphatic rings. The molecule has 93 valence electrons. The van der Waals surface area contributed by atoms with Crippen LogP contribution in [0.15, 0.2) is 49.8 Å². The SMILES string of the molecule is [CH2]COc1c(Br)cc(Br)cc1-c1ccc(Br)cc1. The Morgan fingerprint density at radius 3 is 2.22 bits per heavy atom. The van der Waals surface area contributed by atoms with E-state index in [0.29, 0.717) is 6.61 Å². The van der Waals surface area contributed by atoms with E-state index < -0.39 is 0 Å². The van der Waals surface area contributed by atoms with E-state index in [-0.39, 0.29) is 0 Å². The van der Waals surface area contributed by atoms with Crippen LogP contribution in [0.3, 0.4) is 0 Å².